The summed E-state index contributed by atoms with van der Waals surface area (Å²) < 4.78 is 7.43. The van der Waals surface area contributed by atoms with Crippen molar-refractivity contribution >= 4 is 44.8 Å². The van der Waals surface area contributed by atoms with Gasteiger partial charge in [0.15, 0.2) is 5.78 Å². The summed E-state index contributed by atoms with van der Waals surface area (Å²) in [5.74, 6) is 0.979. The molecular weight excluding hydrogens is 600 g/mol. The van der Waals surface area contributed by atoms with Crippen LogP contribution < -0.4 is 4.90 Å². The van der Waals surface area contributed by atoms with Crippen molar-refractivity contribution in [2.75, 3.05) is 38.1 Å². The van der Waals surface area contributed by atoms with Crippen LogP contribution in [0.3, 0.4) is 0 Å². The molecule has 0 bridgehead atoms. The predicted octanol–water partition coefficient (Wildman–Crippen LogP) is 8.85. The highest BCUT2D eigenvalue weighted by Gasteiger charge is 2.30. The molecule has 0 amide bonds. The van der Waals surface area contributed by atoms with Gasteiger partial charge in [-0.15, -0.1) is 11.3 Å². The second kappa shape index (κ2) is 12.6. The van der Waals surface area contributed by atoms with Gasteiger partial charge in [0.1, 0.15) is 16.9 Å². The fraction of sp³-hybridized carbons (Fsp3) is 0.324. The molecular formula is C37H39ClN4O2S. The Morgan fingerprint density at radius 1 is 0.933 bits per heavy atom. The second-order valence-corrected chi connectivity index (χ2v) is 14.3. The fourth-order valence-corrected chi connectivity index (χ4v) is 7.16. The Morgan fingerprint density at radius 3 is 2.31 bits per heavy atom. The molecule has 232 valence electrons. The number of ether oxygens (including phenoxy) is 1. The van der Waals surface area contributed by atoms with Crippen LogP contribution in [0.1, 0.15) is 44.9 Å². The summed E-state index contributed by atoms with van der Waals surface area (Å²) >= 11 is 7.94. The summed E-state index contributed by atoms with van der Waals surface area (Å²) in [5, 5.41) is 1.58. The van der Waals surface area contributed by atoms with Crippen LogP contribution >= 0.6 is 22.9 Å². The van der Waals surface area contributed by atoms with Gasteiger partial charge in [0.25, 0.3) is 0 Å². The molecule has 0 N–H and O–H groups in total. The number of carbonyl (C=O) groups is 1. The normalized spacial score (nSPS) is 15.0. The van der Waals surface area contributed by atoms with Crippen molar-refractivity contribution in [2.24, 2.45) is 0 Å². The maximum atomic E-state index is 13.1. The van der Waals surface area contributed by atoms with Crippen LogP contribution in [0, 0.1) is 6.92 Å². The Kier molecular flexibility index (Phi) is 8.81. The molecule has 0 spiro atoms. The van der Waals surface area contributed by atoms with Crippen LogP contribution in [-0.4, -0.2) is 59.5 Å². The van der Waals surface area contributed by atoms with E-state index in [1.54, 1.807) is 18.3 Å². The van der Waals surface area contributed by atoms with Crippen LogP contribution in [0.25, 0.3) is 43.0 Å². The molecule has 0 radical (unpaired) electrons. The molecule has 1 aliphatic rings. The molecule has 1 aliphatic heterocycles. The molecule has 3 heterocycles. The second-order valence-electron chi connectivity index (χ2n) is 12.9. The highest BCUT2D eigenvalue weighted by atomic mass is 35.5. The van der Waals surface area contributed by atoms with Crippen LogP contribution in [0.2, 0.25) is 5.02 Å². The molecule has 3 aromatic carbocycles. The highest BCUT2D eigenvalue weighted by molar-refractivity contribution is 7.22. The van der Waals surface area contributed by atoms with Crippen molar-refractivity contribution in [1.82, 2.24) is 14.9 Å². The zero-order valence-corrected chi connectivity index (χ0v) is 28.3. The summed E-state index contributed by atoms with van der Waals surface area (Å²) in [7, 11) is 2.16. The maximum absolute atomic E-state index is 13.1. The first-order valence-corrected chi connectivity index (χ1v) is 16.5. The first kappa shape index (κ1) is 31.4. The standard InChI is InChI=1S/C37H39ClN4O2S/c1-23-20-30-35(33(25-10-12-29(38)13-11-25)32(23)34(24(2)43)44-37(3,4)5)45-36(40-30)28-9-7-8-26(21-28)27-14-15-39-31(22-27)42-18-16-41(6)17-19-42/h7-15,20-22,34H,16-19H2,1-6H3/t34-/m1/s1. The first-order valence-electron chi connectivity index (χ1n) is 15.4. The third kappa shape index (κ3) is 6.82. The number of aromatic nitrogens is 2. The zero-order chi connectivity index (χ0) is 31.9. The third-order valence-electron chi connectivity index (χ3n) is 8.18. The van der Waals surface area contributed by atoms with E-state index < -0.39 is 11.7 Å². The number of likely N-dealkylation sites (N-methyl/N-ethyl adjacent to an activating group) is 1. The number of fused-ring (bicyclic) bond motifs is 1. The van der Waals surface area contributed by atoms with E-state index in [0.717, 1.165) is 86.2 Å². The molecule has 6 rings (SSSR count). The average Bonchev–Trinajstić information content (AvgIpc) is 3.43. The number of piperazine rings is 1. The summed E-state index contributed by atoms with van der Waals surface area (Å²) in [6.07, 6.45) is 1.19. The number of ketones is 1. The molecule has 8 heteroatoms. The average molecular weight is 639 g/mol. The van der Waals surface area contributed by atoms with Crippen molar-refractivity contribution in [3.63, 3.8) is 0 Å². The monoisotopic (exact) mass is 638 g/mol. The van der Waals surface area contributed by atoms with E-state index in [0.29, 0.717) is 5.02 Å². The van der Waals surface area contributed by atoms with Gasteiger partial charge >= 0.3 is 0 Å². The van der Waals surface area contributed by atoms with Gasteiger partial charge < -0.3 is 14.5 Å². The number of nitrogens with zero attached hydrogens (tertiary/aromatic N) is 4. The SMILES string of the molecule is CC(=O)[C@@H](OC(C)(C)C)c1c(C)cc2nc(-c3cccc(-c4ccnc(N5CCN(C)CC5)c4)c3)sc2c1-c1ccc(Cl)cc1. The molecule has 0 aliphatic carbocycles. The van der Waals surface area contributed by atoms with E-state index in [1.165, 1.54) is 0 Å². The Bertz CT molecular complexity index is 1850. The van der Waals surface area contributed by atoms with Crippen LogP contribution in [0.5, 0.6) is 0 Å². The lowest BCUT2D eigenvalue weighted by Gasteiger charge is -2.33. The lowest BCUT2D eigenvalue weighted by Crippen LogP contribution is -2.44. The number of Topliss-reactive ketones (excluding diaryl/α,β-unsaturated/α-hetero) is 1. The molecule has 1 atom stereocenters. The van der Waals surface area contributed by atoms with Gasteiger partial charge in [-0.1, -0.05) is 41.9 Å². The Balaban J connectivity index is 1.45. The van der Waals surface area contributed by atoms with Crippen molar-refractivity contribution < 1.29 is 9.53 Å². The number of carbonyl (C=O) groups excluding carboxylic acids is 1. The Morgan fingerprint density at radius 2 is 1.62 bits per heavy atom. The van der Waals surface area contributed by atoms with Crippen molar-refractivity contribution in [3.05, 3.63) is 89.1 Å². The van der Waals surface area contributed by atoms with Crippen LogP contribution in [0.15, 0.2) is 72.9 Å². The summed E-state index contributed by atoms with van der Waals surface area (Å²) in [6.45, 7) is 13.6. The molecule has 0 unspecified atom stereocenters. The van der Waals surface area contributed by atoms with Gasteiger partial charge in [-0.3, -0.25) is 4.79 Å². The lowest BCUT2D eigenvalue weighted by atomic mass is 9.90. The third-order valence-corrected chi connectivity index (χ3v) is 9.57. The minimum Gasteiger partial charge on any atom is -0.360 e. The van der Waals surface area contributed by atoms with Crippen molar-refractivity contribution in [3.8, 4) is 32.8 Å². The summed E-state index contributed by atoms with van der Waals surface area (Å²) in [5.41, 5.74) is 7.47. The predicted molar refractivity (Wildman–Crippen MR) is 187 cm³/mol. The van der Waals surface area contributed by atoms with E-state index in [-0.39, 0.29) is 5.78 Å². The van der Waals surface area contributed by atoms with Crippen molar-refractivity contribution in [1.29, 1.82) is 0 Å². The topological polar surface area (TPSA) is 58.6 Å². The molecule has 0 saturated carbocycles. The van der Waals surface area contributed by atoms with E-state index in [9.17, 15) is 4.79 Å². The van der Waals surface area contributed by atoms with E-state index in [4.69, 9.17) is 21.3 Å². The Labute approximate surface area is 274 Å². The van der Waals surface area contributed by atoms with Gasteiger partial charge in [0.05, 0.1) is 15.8 Å². The van der Waals surface area contributed by atoms with Crippen LogP contribution in [-0.2, 0) is 9.53 Å². The molecule has 6 nitrogen and oxygen atoms in total. The number of anilines is 1. The number of thiazole rings is 1. The number of pyridine rings is 1. The zero-order valence-electron chi connectivity index (χ0n) is 26.7. The molecule has 1 fully saturated rings. The van der Waals surface area contributed by atoms with Gasteiger partial charge in [0.2, 0.25) is 0 Å². The van der Waals surface area contributed by atoms with Gasteiger partial charge in [-0.05, 0) is 100 Å². The number of aryl methyl sites for hydroxylation is 1. The highest BCUT2D eigenvalue weighted by Crippen LogP contribution is 2.45. The van der Waals surface area contributed by atoms with E-state index >= 15 is 0 Å². The van der Waals surface area contributed by atoms with Crippen LogP contribution in [0.4, 0.5) is 5.82 Å². The maximum Gasteiger partial charge on any atom is 0.163 e. The minimum absolute atomic E-state index is 0.0340. The molecule has 45 heavy (non-hydrogen) atoms. The first-order chi connectivity index (χ1) is 21.5. The smallest absolute Gasteiger partial charge is 0.163 e. The number of halogens is 1. The Hall–Kier alpha value is -3.62. The number of benzene rings is 3. The van der Waals surface area contributed by atoms with Gasteiger partial charge in [0, 0.05) is 54.1 Å². The van der Waals surface area contributed by atoms with E-state index in [2.05, 4.69) is 64.3 Å². The summed E-state index contributed by atoms with van der Waals surface area (Å²) in [4.78, 5) is 27.7. The van der Waals surface area contributed by atoms with Gasteiger partial charge in [-0.2, -0.15) is 0 Å². The number of rotatable bonds is 7. The van der Waals surface area contributed by atoms with E-state index in [1.807, 2.05) is 58.2 Å². The lowest BCUT2D eigenvalue weighted by molar-refractivity contribution is -0.138. The quantitative estimate of drug-likeness (QED) is 0.177. The molecule has 5 aromatic rings. The summed E-state index contributed by atoms with van der Waals surface area (Å²) in [6, 6.07) is 22.7. The van der Waals surface area contributed by atoms with Crippen molar-refractivity contribution in [2.45, 2.75) is 46.3 Å². The fourth-order valence-electron chi connectivity index (χ4n) is 5.91. The minimum atomic E-state index is -0.713. The number of hydrogen-bond acceptors (Lipinski definition) is 7. The number of hydrogen-bond donors (Lipinski definition) is 0. The molecule has 2 aromatic heterocycles. The van der Waals surface area contributed by atoms with Gasteiger partial charge in [-0.25, -0.2) is 9.97 Å². The molecule has 1 saturated heterocycles. The largest absolute Gasteiger partial charge is 0.360 e.